The summed E-state index contributed by atoms with van der Waals surface area (Å²) in [7, 11) is 0. The van der Waals surface area contributed by atoms with E-state index in [1.54, 1.807) is 0 Å². The molecule has 1 aliphatic heterocycles. The minimum atomic E-state index is -0.149. The lowest BCUT2D eigenvalue weighted by molar-refractivity contribution is 0.344. The summed E-state index contributed by atoms with van der Waals surface area (Å²) in [5.41, 5.74) is 2.71. The van der Waals surface area contributed by atoms with Crippen LogP contribution in [-0.2, 0) is 16.8 Å². The second-order valence-electron chi connectivity index (χ2n) is 7.66. The smallest absolute Gasteiger partial charge is 0.142 e. The van der Waals surface area contributed by atoms with Crippen LogP contribution in [0.4, 0.5) is 0 Å². The number of rotatable bonds is 12. The number of allylic oxidation sites excluding steroid dienone is 2. The molecule has 0 bridgehead atoms. The third-order valence-electron chi connectivity index (χ3n) is 5.67. The van der Waals surface area contributed by atoms with Gasteiger partial charge in [-0.05, 0) is 30.0 Å². The number of epoxide rings is 1. The van der Waals surface area contributed by atoms with Crippen molar-refractivity contribution >= 4 is 0 Å². The summed E-state index contributed by atoms with van der Waals surface area (Å²) in [5, 5.41) is 0. The van der Waals surface area contributed by atoms with E-state index in [4.69, 9.17) is 4.74 Å². The molecule has 1 nitrogen and oxygen atoms in total. The molecule has 2 atom stereocenters. The third kappa shape index (κ3) is 4.85. The highest BCUT2D eigenvalue weighted by Gasteiger charge is 2.55. The van der Waals surface area contributed by atoms with Gasteiger partial charge in [0.15, 0.2) is 0 Å². The van der Waals surface area contributed by atoms with Gasteiger partial charge in [0.25, 0.3) is 0 Å². The lowest BCUT2D eigenvalue weighted by Crippen LogP contribution is -2.13. The van der Waals surface area contributed by atoms with Gasteiger partial charge < -0.3 is 4.74 Å². The molecule has 1 aromatic rings. The number of aryl methyl sites for hydroxylation is 1. The molecule has 25 heavy (non-hydrogen) atoms. The third-order valence-corrected chi connectivity index (χ3v) is 5.67. The van der Waals surface area contributed by atoms with Gasteiger partial charge in [-0.3, -0.25) is 0 Å². The maximum Gasteiger partial charge on any atom is 0.142 e. The van der Waals surface area contributed by atoms with Crippen molar-refractivity contribution in [2.24, 2.45) is 0 Å². The summed E-state index contributed by atoms with van der Waals surface area (Å²) in [6, 6.07) is 8.88. The van der Waals surface area contributed by atoms with Crippen LogP contribution in [0.25, 0.3) is 0 Å². The molecule has 2 aliphatic rings. The minimum Gasteiger partial charge on any atom is -0.352 e. The van der Waals surface area contributed by atoms with E-state index in [1.165, 1.54) is 81.8 Å². The predicted molar refractivity (Wildman–Crippen MR) is 107 cm³/mol. The first-order valence-corrected chi connectivity index (χ1v) is 10.5. The molecule has 0 aromatic heterocycles. The highest BCUT2D eigenvalue weighted by atomic mass is 16.6. The topological polar surface area (TPSA) is 12.5 Å². The molecular weight excluding hydrogens is 304 g/mol. The number of hydrogen-bond acceptors (Lipinski definition) is 1. The van der Waals surface area contributed by atoms with Crippen molar-refractivity contribution in [2.75, 3.05) is 0 Å². The second kappa shape index (κ2) is 9.38. The predicted octanol–water partition coefficient (Wildman–Crippen LogP) is 6.87. The molecule has 1 aromatic carbocycles. The van der Waals surface area contributed by atoms with E-state index in [2.05, 4.69) is 55.5 Å². The monoisotopic (exact) mass is 338 g/mol. The van der Waals surface area contributed by atoms with Gasteiger partial charge in [0, 0.05) is 0 Å². The van der Waals surface area contributed by atoms with Gasteiger partial charge in [0.05, 0.1) is 0 Å². The van der Waals surface area contributed by atoms with Crippen molar-refractivity contribution in [1.82, 2.24) is 0 Å². The van der Waals surface area contributed by atoms with Crippen LogP contribution in [0.5, 0.6) is 0 Å². The number of fused-ring (bicyclic) bond motifs is 1. The van der Waals surface area contributed by atoms with Crippen molar-refractivity contribution in [3.8, 4) is 0 Å². The highest BCUT2D eigenvalue weighted by molar-refractivity contribution is 5.46. The fourth-order valence-electron chi connectivity index (χ4n) is 4.08. The normalized spacial score (nSPS) is 23.6. The van der Waals surface area contributed by atoms with Crippen LogP contribution in [-0.4, -0.2) is 6.10 Å². The summed E-state index contributed by atoms with van der Waals surface area (Å²) in [6.07, 6.45) is 24.0. The summed E-state index contributed by atoms with van der Waals surface area (Å²) in [4.78, 5) is 0. The van der Waals surface area contributed by atoms with Crippen molar-refractivity contribution in [3.63, 3.8) is 0 Å². The van der Waals surface area contributed by atoms with E-state index in [-0.39, 0.29) is 11.7 Å². The van der Waals surface area contributed by atoms with E-state index < -0.39 is 0 Å². The Bertz CT molecular complexity index is 586. The van der Waals surface area contributed by atoms with Gasteiger partial charge in [-0.25, -0.2) is 0 Å². The SMILES string of the molecule is CCCCCCCCCCCCc1ccccc1C12C=CC=CC1O2. The highest BCUT2D eigenvalue weighted by Crippen LogP contribution is 2.51. The van der Waals surface area contributed by atoms with E-state index >= 15 is 0 Å². The Morgan fingerprint density at radius 3 is 2.24 bits per heavy atom. The molecule has 1 heterocycles. The van der Waals surface area contributed by atoms with Crippen molar-refractivity contribution in [3.05, 3.63) is 59.7 Å². The van der Waals surface area contributed by atoms with Gasteiger partial charge >= 0.3 is 0 Å². The number of ether oxygens (including phenoxy) is 1. The molecule has 3 rings (SSSR count). The fourth-order valence-corrected chi connectivity index (χ4v) is 4.08. The zero-order valence-electron chi connectivity index (χ0n) is 15.9. The first-order valence-electron chi connectivity index (χ1n) is 10.5. The average molecular weight is 339 g/mol. The Balaban J connectivity index is 1.36. The Kier molecular flexibility index (Phi) is 6.93. The Hall–Kier alpha value is -1.34. The number of unbranched alkanes of at least 4 members (excludes halogenated alkanes) is 9. The molecule has 0 spiro atoms. The van der Waals surface area contributed by atoms with Crippen LogP contribution in [0, 0.1) is 0 Å². The van der Waals surface area contributed by atoms with Crippen LogP contribution < -0.4 is 0 Å². The maximum absolute atomic E-state index is 6.02. The minimum absolute atomic E-state index is 0.149. The average Bonchev–Trinajstić information content (AvgIpc) is 3.39. The standard InChI is InChI=1S/C24H34O/c1-2-3-4-5-6-7-8-9-10-11-16-21-17-12-13-18-22(21)24-20-15-14-19-23(24)25-24/h12-15,17-20,23H,2-11,16H2,1H3. The van der Waals surface area contributed by atoms with Crippen molar-refractivity contribution < 1.29 is 4.74 Å². The molecule has 1 aliphatic carbocycles. The maximum atomic E-state index is 6.02. The number of hydrogen-bond donors (Lipinski definition) is 0. The van der Waals surface area contributed by atoms with Gasteiger partial charge in [-0.2, -0.15) is 0 Å². The van der Waals surface area contributed by atoms with Gasteiger partial charge in [0.1, 0.15) is 11.7 Å². The molecule has 0 amide bonds. The Morgan fingerprint density at radius 2 is 1.52 bits per heavy atom. The quantitative estimate of drug-likeness (QED) is 0.299. The van der Waals surface area contributed by atoms with Gasteiger partial charge in [-0.1, -0.05) is 107 Å². The molecule has 1 heteroatoms. The summed E-state index contributed by atoms with van der Waals surface area (Å²) in [5.74, 6) is 0. The van der Waals surface area contributed by atoms with Gasteiger partial charge in [-0.15, -0.1) is 0 Å². The van der Waals surface area contributed by atoms with Crippen LogP contribution >= 0.6 is 0 Å². The van der Waals surface area contributed by atoms with Crippen LogP contribution in [0.1, 0.15) is 82.3 Å². The summed E-state index contributed by atoms with van der Waals surface area (Å²) >= 11 is 0. The molecule has 0 saturated carbocycles. The Morgan fingerprint density at radius 1 is 0.840 bits per heavy atom. The van der Waals surface area contributed by atoms with Crippen molar-refractivity contribution in [1.29, 1.82) is 0 Å². The number of benzene rings is 1. The molecule has 0 radical (unpaired) electrons. The van der Waals surface area contributed by atoms with E-state index in [1.807, 2.05) is 0 Å². The molecular formula is C24H34O. The van der Waals surface area contributed by atoms with Gasteiger partial charge in [0.2, 0.25) is 0 Å². The molecule has 1 saturated heterocycles. The van der Waals surface area contributed by atoms with Crippen LogP contribution in [0.2, 0.25) is 0 Å². The summed E-state index contributed by atoms with van der Waals surface area (Å²) < 4.78 is 6.02. The first-order chi connectivity index (χ1) is 12.4. The van der Waals surface area contributed by atoms with E-state index in [0.717, 1.165) is 0 Å². The lowest BCUT2D eigenvalue weighted by Gasteiger charge is -2.15. The fraction of sp³-hybridized carbons (Fsp3) is 0.583. The largest absolute Gasteiger partial charge is 0.352 e. The van der Waals surface area contributed by atoms with Crippen LogP contribution in [0.3, 0.4) is 0 Å². The molecule has 1 fully saturated rings. The van der Waals surface area contributed by atoms with Crippen LogP contribution in [0.15, 0.2) is 48.6 Å². The lowest BCUT2D eigenvalue weighted by atomic mass is 9.87. The molecule has 0 N–H and O–H groups in total. The van der Waals surface area contributed by atoms with Crippen molar-refractivity contribution in [2.45, 2.75) is 89.3 Å². The zero-order valence-corrected chi connectivity index (χ0v) is 15.9. The zero-order chi connectivity index (χ0) is 17.4. The molecule has 136 valence electrons. The van der Waals surface area contributed by atoms with E-state index in [0.29, 0.717) is 0 Å². The summed E-state index contributed by atoms with van der Waals surface area (Å²) in [6.45, 7) is 2.29. The molecule has 2 unspecified atom stereocenters. The Labute approximate surface area is 154 Å². The second-order valence-corrected chi connectivity index (χ2v) is 7.66. The first kappa shape index (κ1) is 18.5. The van der Waals surface area contributed by atoms with E-state index in [9.17, 15) is 0 Å².